The van der Waals surface area contributed by atoms with E-state index in [1.807, 2.05) is 20.8 Å². The van der Waals surface area contributed by atoms with E-state index in [-0.39, 0.29) is 12.0 Å². The van der Waals surface area contributed by atoms with E-state index < -0.39 is 52.8 Å². The van der Waals surface area contributed by atoms with Gasteiger partial charge in [0.2, 0.25) is 0 Å². The van der Waals surface area contributed by atoms with E-state index in [0.29, 0.717) is 16.9 Å². The summed E-state index contributed by atoms with van der Waals surface area (Å²) in [6.07, 6.45) is -3.74. The maximum Gasteiger partial charge on any atom is 0.336 e. The first-order valence-corrected chi connectivity index (χ1v) is 9.04. The number of hydrogen-bond donors (Lipinski definition) is 2. The van der Waals surface area contributed by atoms with Crippen LogP contribution in [-0.4, -0.2) is 40.6 Å². The normalized spacial score (nSPS) is 47.9. The van der Waals surface area contributed by atoms with Crippen molar-refractivity contribution in [1.29, 1.82) is 0 Å². The predicted octanol–water partition coefficient (Wildman–Crippen LogP) is 0.758. The molecule has 0 amide bonds. The quantitative estimate of drug-likeness (QED) is 0.560. The average Bonchev–Trinajstić information content (AvgIpc) is 3.33. The number of epoxide rings is 1. The Kier molecular flexibility index (Phi) is 2.90. The standard InChI is InChI=1S/C19H22O7/c1-6(2)11-9-7(5-8(20)24-11)18(3)14-12(10(9)21)26-17(23)19(14,4)15(22)13-16(18)25-13/h5-6,10,12-16,21-22H,1-4H3/t10-,12-,13+,14-,15+,16+,18+,19+/m1/s1. The smallest absolute Gasteiger partial charge is 0.336 e. The summed E-state index contributed by atoms with van der Waals surface area (Å²) in [4.78, 5) is 25.0. The second-order valence-electron chi connectivity index (χ2n) is 8.74. The molecule has 3 fully saturated rings. The van der Waals surface area contributed by atoms with Gasteiger partial charge in [-0.3, -0.25) is 4.79 Å². The molecule has 2 saturated heterocycles. The van der Waals surface area contributed by atoms with Crippen molar-refractivity contribution in [2.45, 2.75) is 69.5 Å². The molecule has 140 valence electrons. The number of fused-ring (bicyclic) bond motifs is 4. The van der Waals surface area contributed by atoms with Gasteiger partial charge in [0, 0.05) is 28.9 Å². The van der Waals surface area contributed by atoms with Crippen molar-refractivity contribution >= 4 is 5.97 Å². The first kappa shape index (κ1) is 16.5. The highest BCUT2D eigenvalue weighted by Gasteiger charge is 2.79. The Bertz CT molecular complexity index is 888. The highest BCUT2D eigenvalue weighted by Crippen LogP contribution is 2.68. The Morgan fingerprint density at radius 3 is 2.46 bits per heavy atom. The Hall–Kier alpha value is -1.70. The van der Waals surface area contributed by atoms with Crippen LogP contribution in [0.25, 0.3) is 0 Å². The fourth-order valence-corrected chi connectivity index (χ4v) is 5.85. The van der Waals surface area contributed by atoms with Crippen molar-refractivity contribution < 1.29 is 28.9 Å². The molecule has 0 bridgehead atoms. The summed E-state index contributed by atoms with van der Waals surface area (Å²) in [6.45, 7) is 7.38. The summed E-state index contributed by atoms with van der Waals surface area (Å²) in [5.74, 6) is -0.739. The highest BCUT2D eigenvalue weighted by molar-refractivity contribution is 5.82. The zero-order valence-electron chi connectivity index (χ0n) is 15.1. The summed E-state index contributed by atoms with van der Waals surface area (Å²) in [6, 6.07) is 1.40. The number of aliphatic hydroxyl groups excluding tert-OH is 2. The Morgan fingerprint density at radius 1 is 1.12 bits per heavy atom. The van der Waals surface area contributed by atoms with E-state index in [0.717, 1.165) is 0 Å². The van der Waals surface area contributed by atoms with E-state index in [2.05, 4.69) is 0 Å². The van der Waals surface area contributed by atoms with E-state index in [4.69, 9.17) is 13.9 Å². The third-order valence-corrected chi connectivity index (χ3v) is 7.09. The molecule has 1 aromatic heterocycles. The average molecular weight is 362 g/mol. The van der Waals surface area contributed by atoms with Gasteiger partial charge in [-0.15, -0.1) is 0 Å². The Labute approximate surface area is 149 Å². The van der Waals surface area contributed by atoms with Gasteiger partial charge < -0.3 is 24.1 Å². The minimum absolute atomic E-state index is 0.124. The van der Waals surface area contributed by atoms with Gasteiger partial charge in [-0.05, 0) is 12.5 Å². The second kappa shape index (κ2) is 4.58. The van der Waals surface area contributed by atoms with Crippen molar-refractivity contribution in [2.24, 2.45) is 11.3 Å². The summed E-state index contributed by atoms with van der Waals surface area (Å²) in [5, 5.41) is 21.8. The molecule has 7 nitrogen and oxygen atoms in total. The summed E-state index contributed by atoms with van der Waals surface area (Å²) in [5.41, 5.74) is -1.25. The van der Waals surface area contributed by atoms with Crippen LogP contribution in [0.4, 0.5) is 0 Å². The molecular formula is C19H22O7. The van der Waals surface area contributed by atoms with Gasteiger partial charge in [-0.1, -0.05) is 20.8 Å². The van der Waals surface area contributed by atoms with Crippen molar-refractivity contribution in [3.05, 3.63) is 33.4 Å². The number of esters is 1. The van der Waals surface area contributed by atoms with E-state index in [9.17, 15) is 19.8 Å². The molecule has 0 unspecified atom stereocenters. The molecule has 1 aromatic rings. The lowest BCUT2D eigenvalue weighted by atomic mass is 9.48. The number of aliphatic hydroxyl groups is 2. The minimum atomic E-state index is -1.19. The molecule has 3 heterocycles. The third kappa shape index (κ3) is 1.57. The van der Waals surface area contributed by atoms with Crippen molar-refractivity contribution in [2.75, 3.05) is 0 Å². The summed E-state index contributed by atoms with van der Waals surface area (Å²) >= 11 is 0. The van der Waals surface area contributed by atoms with E-state index >= 15 is 0 Å². The fraction of sp³-hybridized carbons (Fsp3) is 0.684. The number of hydrogen-bond acceptors (Lipinski definition) is 7. The van der Waals surface area contributed by atoms with Gasteiger partial charge >= 0.3 is 11.6 Å². The molecule has 0 aromatic carbocycles. The van der Waals surface area contributed by atoms with Gasteiger partial charge in [0.05, 0.1) is 12.2 Å². The highest BCUT2D eigenvalue weighted by atomic mass is 16.6. The van der Waals surface area contributed by atoms with Crippen molar-refractivity contribution in [3.63, 3.8) is 0 Å². The van der Waals surface area contributed by atoms with Gasteiger partial charge in [0.15, 0.2) is 0 Å². The number of ether oxygens (including phenoxy) is 2. The lowest BCUT2D eigenvalue weighted by molar-refractivity contribution is -0.156. The summed E-state index contributed by atoms with van der Waals surface area (Å²) in [7, 11) is 0. The molecule has 1 saturated carbocycles. The molecule has 0 radical (unpaired) electrons. The van der Waals surface area contributed by atoms with Crippen LogP contribution < -0.4 is 5.63 Å². The minimum Gasteiger partial charge on any atom is -0.458 e. The summed E-state index contributed by atoms with van der Waals surface area (Å²) < 4.78 is 16.8. The molecule has 4 aliphatic rings. The predicted molar refractivity (Wildman–Crippen MR) is 87.5 cm³/mol. The SMILES string of the molecule is CC(C)c1oc(=O)cc2c1[C@@H](O)[C@H]1OC(=O)[C@]3(C)[C@@H](O)[C@@H]4O[C@@H]4[C@]2(C)[C@@H]13. The van der Waals surface area contributed by atoms with E-state index in [1.54, 1.807) is 6.92 Å². The van der Waals surface area contributed by atoms with Crippen LogP contribution in [0.5, 0.6) is 0 Å². The molecule has 8 atom stereocenters. The third-order valence-electron chi connectivity index (χ3n) is 7.09. The molecule has 5 rings (SSSR count). The van der Waals surface area contributed by atoms with E-state index in [1.165, 1.54) is 6.07 Å². The van der Waals surface area contributed by atoms with Gasteiger partial charge in [-0.25, -0.2) is 4.79 Å². The zero-order chi connectivity index (χ0) is 18.8. The van der Waals surface area contributed by atoms with Gasteiger partial charge in [-0.2, -0.15) is 0 Å². The van der Waals surface area contributed by atoms with Crippen LogP contribution in [0.3, 0.4) is 0 Å². The van der Waals surface area contributed by atoms with Gasteiger partial charge in [0.25, 0.3) is 0 Å². The molecule has 2 N–H and O–H groups in total. The lowest BCUT2D eigenvalue weighted by Crippen LogP contribution is -2.62. The molecular weight excluding hydrogens is 340 g/mol. The fourth-order valence-electron chi connectivity index (χ4n) is 5.85. The maximum atomic E-state index is 12.7. The molecule has 2 aliphatic carbocycles. The molecule has 2 aliphatic heterocycles. The number of carbonyl (C=O) groups is 1. The van der Waals surface area contributed by atoms with Gasteiger partial charge in [0.1, 0.15) is 29.5 Å². The van der Waals surface area contributed by atoms with Crippen LogP contribution in [0.1, 0.15) is 56.6 Å². The topological polar surface area (TPSA) is 110 Å². The van der Waals surface area contributed by atoms with Crippen LogP contribution in [0.2, 0.25) is 0 Å². The van der Waals surface area contributed by atoms with Crippen LogP contribution >= 0.6 is 0 Å². The second-order valence-corrected chi connectivity index (χ2v) is 8.74. The van der Waals surface area contributed by atoms with Crippen LogP contribution in [0, 0.1) is 11.3 Å². The van der Waals surface area contributed by atoms with Crippen LogP contribution in [-0.2, 0) is 19.7 Å². The molecule has 26 heavy (non-hydrogen) atoms. The van der Waals surface area contributed by atoms with Crippen LogP contribution in [0.15, 0.2) is 15.3 Å². The zero-order valence-corrected chi connectivity index (χ0v) is 15.1. The number of rotatable bonds is 1. The molecule has 0 spiro atoms. The first-order valence-electron chi connectivity index (χ1n) is 9.04. The Morgan fingerprint density at radius 2 is 1.81 bits per heavy atom. The van der Waals surface area contributed by atoms with Crippen molar-refractivity contribution in [1.82, 2.24) is 0 Å². The number of carbonyl (C=O) groups excluding carboxylic acids is 1. The monoisotopic (exact) mass is 362 g/mol. The molecule has 7 heteroatoms. The Balaban J connectivity index is 1.85. The maximum absolute atomic E-state index is 12.7. The van der Waals surface area contributed by atoms with Crippen molar-refractivity contribution in [3.8, 4) is 0 Å². The lowest BCUT2D eigenvalue weighted by Gasteiger charge is -2.51. The first-order chi connectivity index (χ1) is 12.1. The largest absolute Gasteiger partial charge is 0.458 e.